The van der Waals surface area contributed by atoms with Gasteiger partial charge in [-0.05, 0) is 0 Å². The van der Waals surface area contributed by atoms with Crippen LogP contribution in [0.2, 0.25) is 0 Å². The van der Waals surface area contributed by atoms with Crippen molar-refractivity contribution in [3.63, 3.8) is 0 Å². The normalized spacial score (nSPS) is 5.25. The van der Waals surface area contributed by atoms with Gasteiger partial charge in [-0.25, -0.2) is 4.79 Å². The molecule has 0 bridgehead atoms. The molecule has 0 aliphatic carbocycles. The van der Waals surface area contributed by atoms with Crippen molar-refractivity contribution in [2.24, 2.45) is 0 Å². The molecule has 5 heteroatoms. The number of carbonyl (C=O) groups excluding carboxylic acids is 1. The van der Waals surface area contributed by atoms with E-state index in [1.165, 1.54) is 0 Å². The standard InChI is InChI=1S/C3H8N2O.ClH.Na/c1-4-3(6)5-2;;/h1-2H3,(H2,4,5,6);1H;/q;;+1/p-1. The van der Waals surface area contributed by atoms with E-state index in [4.69, 9.17) is 0 Å². The van der Waals surface area contributed by atoms with Gasteiger partial charge in [0.2, 0.25) is 0 Å². The van der Waals surface area contributed by atoms with Gasteiger partial charge in [0, 0.05) is 14.1 Å². The Morgan fingerprint density at radius 1 is 1.25 bits per heavy atom. The molecule has 0 radical (unpaired) electrons. The Hall–Kier alpha value is 0.560. The van der Waals surface area contributed by atoms with Crippen molar-refractivity contribution in [3.05, 3.63) is 0 Å². The quantitative estimate of drug-likeness (QED) is 0.328. The summed E-state index contributed by atoms with van der Waals surface area (Å²) < 4.78 is 0. The third-order valence-corrected chi connectivity index (χ3v) is 0.454. The molecule has 2 N–H and O–H groups in total. The predicted molar refractivity (Wildman–Crippen MR) is 23.5 cm³/mol. The number of amides is 2. The summed E-state index contributed by atoms with van der Waals surface area (Å²) >= 11 is 0. The van der Waals surface area contributed by atoms with E-state index in [0.717, 1.165) is 0 Å². The van der Waals surface area contributed by atoms with Crippen LogP contribution in [-0.4, -0.2) is 20.1 Å². The van der Waals surface area contributed by atoms with E-state index in [9.17, 15) is 4.79 Å². The minimum absolute atomic E-state index is 0. The second kappa shape index (κ2) is 10.5. The fraction of sp³-hybridized carbons (Fsp3) is 0.667. The van der Waals surface area contributed by atoms with Gasteiger partial charge in [-0.1, -0.05) is 0 Å². The largest absolute Gasteiger partial charge is 1.00 e. The molecule has 0 aliphatic rings. The maximum Gasteiger partial charge on any atom is 1.00 e. The Bertz CT molecular complexity index is 55.2. The van der Waals surface area contributed by atoms with E-state index in [1.807, 2.05) is 0 Å². The molecule has 44 valence electrons. The van der Waals surface area contributed by atoms with E-state index in [-0.39, 0.29) is 48.0 Å². The smallest absolute Gasteiger partial charge is 1.00 e. The summed E-state index contributed by atoms with van der Waals surface area (Å²) in [6.07, 6.45) is 0. The van der Waals surface area contributed by atoms with Gasteiger partial charge < -0.3 is 23.0 Å². The Labute approximate surface area is 77.3 Å². The molecule has 2 amide bonds. The topological polar surface area (TPSA) is 41.1 Å². The zero-order valence-electron chi connectivity index (χ0n) is 5.29. The Morgan fingerprint density at radius 3 is 1.50 bits per heavy atom. The van der Waals surface area contributed by atoms with E-state index < -0.39 is 0 Å². The average molecular weight is 147 g/mol. The van der Waals surface area contributed by atoms with Crippen molar-refractivity contribution < 1.29 is 46.8 Å². The first-order valence-electron chi connectivity index (χ1n) is 1.70. The zero-order valence-corrected chi connectivity index (χ0v) is 8.04. The molecule has 0 unspecified atom stereocenters. The van der Waals surface area contributed by atoms with Crippen LogP contribution in [0.4, 0.5) is 4.79 Å². The number of carbonyl (C=O) groups is 1. The molecular weight excluding hydrogens is 138 g/mol. The predicted octanol–water partition coefficient (Wildman–Crippen LogP) is -6.45. The van der Waals surface area contributed by atoms with Crippen molar-refractivity contribution in [3.8, 4) is 0 Å². The van der Waals surface area contributed by atoms with E-state index in [1.54, 1.807) is 14.1 Å². The molecule has 0 saturated heterocycles. The van der Waals surface area contributed by atoms with Gasteiger partial charge in [0.1, 0.15) is 0 Å². The molecule has 0 atom stereocenters. The van der Waals surface area contributed by atoms with Crippen molar-refractivity contribution >= 4 is 6.03 Å². The Kier molecular flexibility index (Phi) is 20.8. The number of hydrogen-bond donors (Lipinski definition) is 2. The Balaban J connectivity index is -0.000000125. The number of hydrogen-bond acceptors (Lipinski definition) is 1. The summed E-state index contributed by atoms with van der Waals surface area (Å²) in [6, 6.07) is -0.157. The SMILES string of the molecule is CNC(=O)NC.[Cl-].[Na+]. The molecule has 8 heavy (non-hydrogen) atoms. The van der Waals surface area contributed by atoms with Crippen LogP contribution in [-0.2, 0) is 0 Å². The monoisotopic (exact) mass is 146 g/mol. The molecule has 0 aromatic heterocycles. The summed E-state index contributed by atoms with van der Waals surface area (Å²) in [5.41, 5.74) is 0. The molecule has 0 rings (SSSR count). The van der Waals surface area contributed by atoms with Gasteiger partial charge in [-0.3, -0.25) is 0 Å². The fourth-order valence-corrected chi connectivity index (χ4v) is 0.125. The maximum absolute atomic E-state index is 9.96. The van der Waals surface area contributed by atoms with Crippen molar-refractivity contribution in [2.45, 2.75) is 0 Å². The van der Waals surface area contributed by atoms with Gasteiger partial charge in [0.05, 0.1) is 0 Å². The first-order chi connectivity index (χ1) is 2.81. The Morgan fingerprint density at radius 2 is 1.50 bits per heavy atom. The third-order valence-electron chi connectivity index (χ3n) is 0.454. The minimum Gasteiger partial charge on any atom is -1.00 e. The van der Waals surface area contributed by atoms with Gasteiger partial charge in [0.15, 0.2) is 0 Å². The third kappa shape index (κ3) is 9.75. The molecule has 0 aromatic rings. The maximum atomic E-state index is 9.96. The van der Waals surface area contributed by atoms with Gasteiger partial charge in [-0.15, -0.1) is 0 Å². The average Bonchev–Trinajstić information content (AvgIpc) is 1.65. The van der Waals surface area contributed by atoms with Crippen LogP contribution in [0, 0.1) is 0 Å². The summed E-state index contributed by atoms with van der Waals surface area (Å²) in [7, 11) is 3.14. The van der Waals surface area contributed by atoms with Crippen LogP contribution in [0.15, 0.2) is 0 Å². The summed E-state index contributed by atoms with van der Waals surface area (Å²) in [6.45, 7) is 0. The van der Waals surface area contributed by atoms with Gasteiger partial charge in [-0.2, -0.15) is 0 Å². The van der Waals surface area contributed by atoms with Crippen molar-refractivity contribution in [1.29, 1.82) is 0 Å². The molecule has 3 nitrogen and oxygen atoms in total. The van der Waals surface area contributed by atoms with Crippen LogP contribution in [0.1, 0.15) is 0 Å². The van der Waals surface area contributed by atoms with E-state index in [2.05, 4.69) is 10.6 Å². The summed E-state index contributed by atoms with van der Waals surface area (Å²) in [5.74, 6) is 0. The molecule has 0 heterocycles. The summed E-state index contributed by atoms with van der Waals surface area (Å²) in [4.78, 5) is 9.96. The fourth-order valence-electron chi connectivity index (χ4n) is 0.125. The molecular formula is C3H8ClN2NaO. The number of nitrogens with one attached hydrogen (secondary N) is 2. The molecule has 0 saturated carbocycles. The van der Waals surface area contributed by atoms with E-state index >= 15 is 0 Å². The summed E-state index contributed by atoms with van der Waals surface area (Å²) in [5, 5.41) is 4.73. The number of rotatable bonds is 0. The van der Waals surface area contributed by atoms with Gasteiger partial charge in [0.25, 0.3) is 0 Å². The van der Waals surface area contributed by atoms with Crippen LogP contribution < -0.4 is 52.6 Å². The molecule has 0 fully saturated rings. The minimum atomic E-state index is -0.157. The molecule has 0 aromatic carbocycles. The van der Waals surface area contributed by atoms with Crippen LogP contribution in [0.3, 0.4) is 0 Å². The van der Waals surface area contributed by atoms with Crippen LogP contribution in [0.5, 0.6) is 0 Å². The molecule has 0 spiro atoms. The van der Waals surface area contributed by atoms with Gasteiger partial charge >= 0.3 is 35.6 Å². The zero-order chi connectivity index (χ0) is 4.99. The second-order valence-corrected chi connectivity index (χ2v) is 0.829. The molecule has 0 aliphatic heterocycles. The van der Waals surface area contributed by atoms with E-state index in [0.29, 0.717) is 0 Å². The first-order valence-corrected chi connectivity index (χ1v) is 1.70. The van der Waals surface area contributed by atoms with Crippen molar-refractivity contribution in [2.75, 3.05) is 14.1 Å². The number of halogens is 1. The first kappa shape index (κ1) is 15.8. The van der Waals surface area contributed by atoms with Crippen LogP contribution >= 0.6 is 0 Å². The van der Waals surface area contributed by atoms with Crippen LogP contribution in [0.25, 0.3) is 0 Å². The second-order valence-electron chi connectivity index (χ2n) is 0.829. The van der Waals surface area contributed by atoms with Crippen molar-refractivity contribution in [1.82, 2.24) is 10.6 Å². The number of urea groups is 1.